The van der Waals surface area contributed by atoms with Gasteiger partial charge in [0.05, 0.1) is 18.9 Å². The van der Waals surface area contributed by atoms with Crippen LogP contribution in [0.25, 0.3) is 11.3 Å². The molecule has 6 heteroatoms. The fraction of sp³-hybridized carbons (Fsp3) is 0.333. The van der Waals surface area contributed by atoms with Crippen molar-refractivity contribution in [2.75, 3.05) is 31.2 Å². The third kappa shape index (κ3) is 2.73. The zero-order valence-corrected chi connectivity index (χ0v) is 13.3. The molecule has 0 N–H and O–H groups in total. The molecular weight excluding hydrogens is 334 g/mol. The van der Waals surface area contributed by atoms with Gasteiger partial charge in [-0.25, -0.2) is 0 Å². The van der Waals surface area contributed by atoms with Crippen LogP contribution in [0, 0.1) is 0 Å². The molecule has 21 heavy (non-hydrogen) atoms. The molecule has 5 nitrogen and oxygen atoms in total. The second kappa shape index (κ2) is 5.99. The van der Waals surface area contributed by atoms with Crippen molar-refractivity contribution in [3.8, 4) is 11.3 Å². The van der Waals surface area contributed by atoms with Gasteiger partial charge in [0.2, 0.25) is 5.91 Å². The molecule has 0 unspecified atom stereocenters. The molecule has 1 aliphatic heterocycles. The predicted molar refractivity (Wildman–Crippen MR) is 84.7 cm³/mol. The number of ether oxygens (including phenoxy) is 1. The lowest BCUT2D eigenvalue weighted by atomic mass is 10.1. The van der Waals surface area contributed by atoms with Gasteiger partial charge in [0.1, 0.15) is 10.3 Å². The molecule has 1 aromatic heterocycles. The Balaban J connectivity index is 2.13. The van der Waals surface area contributed by atoms with Gasteiger partial charge in [0.25, 0.3) is 0 Å². The molecule has 1 saturated heterocycles. The van der Waals surface area contributed by atoms with Crippen molar-refractivity contribution < 1.29 is 9.53 Å². The van der Waals surface area contributed by atoms with Crippen LogP contribution in [-0.2, 0) is 4.74 Å². The molecule has 0 saturated carbocycles. The van der Waals surface area contributed by atoms with Crippen LogP contribution >= 0.6 is 15.9 Å². The van der Waals surface area contributed by atoms with Gasteiger partial charge in [-0.3, -0.25) is 4.79 Å². The molecular formula is C15H16BrN3O2. The first-order chi connectivity index (χ1) is 10.2. The summed E-state index contributed by atoms with van der Waals surface area (Å²) in [4.78, 5) is 14.0. The van der Waals surface area contributed by atoms with Gasteiger partial charge >= 0.3 is 0 Å². The van der Waals surface area contributed by atoms with Crippen molar-refractivity contribution in [2.45, 2.75) is 6.92 Å². The van der Waals surface area contributed by atoms with E-state index in [9.17, 15) is 4.79 Å². The maximum atomic E-state index is 11.8. The average molecular weight is 350 g/mol. The predicted octanol–water partition coefficient (Wildman–Crippen LogP) is 2.81. The van der Waals surface area contributed by atoms with Crippen LogP contribution in [-0.4, -0.2) is 42.0 Å². The molecule has 0 bridgehead atoms. The summed E-state index contributed by atoms with van der Waals surface area (Å²) in [6, 6.07) is 9.92. The van der Waals surface area contributed by atoms with Crippen LogP contribution in [0.1, 0.15) is 11.7 Å². The number of nitrogens with zero attached hydrogens (tertiary/aromatic N) is 3. The van der Waals surface area contributed by atoms with Gasteiger partial charge in [0, 0.05) is 25.6 Å². The monoisotopic (exact) mass is 349 g/mol. The lowest BCUT2D eigenvalue weighted by molar-refractivity contribution is 0.0918. The van der Waals surface area contributed by atoms with Crippen LogP contribution < -0.4 is 4.90 Å². The Morgan fingerprint density at radius 3 is 2.52 bits per heavy atom. The molecule has 1 fully saturated rings. The average Bonchev–Trinajstić information content (AvgIpc) is 2.87. The van der Waals surface area contributed by atoms with Crippen molar-refractivity contribution in [3.63, 3.8) is 0 Å². The van der Waals surface area contributed by atoms with Crippen LogP contribution in [0.4, 0.5) is 5.69 Å². The molecule has 110 valence electrons. The first-order valence-corrected chi connectivity index (χ1v) is 7.65. The summed E-state index contributed by atoms with van der Waals surface area (Å²) in [5.74, 6) is -0.112. The van der Waals surface area contributed by atoms with E-state index < -0.39 is 0 Å². The summed E-state index contributed by atoms with van der Waals surface area (Å²) in [7, 11) is 0. The molecule has 2 heterocycles. The van der Waals surface area contributed by atoms with E-state index in [0.717, 1.165) is 30.0 Å². The van der Waals surface area contributed by atoms with E-state index in [1.54, 1.807) is 0 Å². The third-order valence-corrected chi connectivity index (χ3v) is 4.19. The minimum absolute atomic E-state index is 0.112. The molecule has 1 aromatic carbocycles. The number of aromatic nitrogens is 2. The van der Waals surface area contributed by atoms with E-state index in [1.165, 1.54) is 11.6 Å². The van der Waals surface area contributed by atoms with Crippen LogP contribution in [0.5, 0.6) is 0 Å². The highest BCUT2D eigenvalue weighted by Crippen LogP contribution is 2.37. The van der Waals surface area contributed by atoms with E-state index in [-0.39, 0.29) is 5.91 Å². The number of halogens is 1. The van der Waals surface area contributed by atoms with Gasteiger partial charge in [0.15, 0.2) is 0 Å². The van der Waals surface area contributed by atoms with E-state index in [4.69, 9.17) is 4.74 Å². The van der Waals surface area contributed by atoms with Gasteiger partial charge in [-0.05, 0) is 15.9 Å². The second-order valence-electron chi connectivity index (χ2n) is 4.88. The van der Waals surface area contributed by atoms with Gasteiger partial charge in [-0.15, -0.1) is 0 Å². The Morgan fingerprint density at radius 1 is 1.24 bits per heavy atom. The zero-order chi connectivity index (χ0) is 14.8. The maximum Gasteiger partial charge on any atom is 0.244 e. The Hall–Kier alpha value is -1.66. The summed E-state index contributed by atoms with van der Waals surface area (Å²) >= 11 is 3.53. The van der Waals surface area contributed by atoms with Gasteiger partial charge in [-0.1, -0.05) is 30.3 Å². The first kappa shape index (κ1) is 14.3. The standard InChI is InChI=1S/C15H16BrN3O2/c1-11(20)19-15(16)14(18-7-9-21-10-8-18)13(17-19)12-5-3-2-4-6-12/h2-6H,7-10H2,1H3. The number of benzene rings is 1. The SMILES string of the molecule is CC(=O)n1nc(-c2ccccc2)c(N2CCOCC2)c1Br. The molecule has 3 rings (SSSR count). The number of hydrogen-bond donors (Lipinski definition) is 0. The molecule has 2 aromatic rings. The molecule has 0 radical (unpaired) electrons. The topological polar surface area (TPSA) is 47.4 Å². The van der Waals surface area contributed by atoms with E-state index >= 15 is 0 Å². The van der Waals surface area contributed by atoms with Crippen molar-refractivity contribution >= 4 is 27.5 Å². The fourth-order valence-electron chi connectivity index (χ4n) is 2.46. The fourth-order valence-corrected chi connectivity index (χ4v) is 3.22. The summed E-state index contributed by atoms with van der Waals surface area (Å²) in [5.41, 5.74) is 2.78. The number of rotatable bonds is 2. The van der Waals surface area contributed by atoms with E-state index in [1.807, 2.05) is 30.3 Å². The Morgan fingerprint density at radius 2 is 1.90 bits per heavy atom. The van der Waals surface area contributed by atoms with Crippen molar-refractivity contribution in [3.05, 3.63) is 34.9 Å². The second-order valence-corrected chi connectivity index (χ2v) is 5.64. The highest BCUT2D eigenvalue weighted by molar-refractivity contribution is 9.10. The van der Waals surface area contributed by atoms with Crippen molar-refractivity contribution in [1.82, 2.24) is 9.78 Å². The number of morpholine rings is 1. The van der Waals surface area contributed by atoms with E-state index in [2.05, 4.69) is 25.9 Å². The minimum atomic E-state index is -0.112. The maximum absolute atomic E-state index is 11.8. The van der Waals surface area contributed by atoms with Crippen LogP contribution in [0.3, 0.4) is 0 Å². The number of carbonyl (C=O) groups is 1. The summed E-state index contributed by atoms with van der Waals surface area (Å²) in [6.45, 7) is 4.47. The summed E-state index contributed by atoms with van der Waals surface area (Å²) in [6.07, 6.45) is 0. The Bertz CT molecular complexity index is 648. The van der Waals surface area contributed by atoms with Crippen molar-refractivity contribution in [1.29, 1.82) is 0 Å². The quantitative estimate of drug-likeness (QED) is 0.836. The Labute approximate surface area is 131 Å². The normalized spacial score (nSPS) is 15.2. The Kier molecular flexibility index (Phi) is 4.07. The smallest absolute Gasteiger partial charge is 0.244 e. The van der Waals surface area contributed by atoms with Crippen molar-refractivity contribution in [2.24, 2.45) is 0 Å². The van der Waals surface area contributed by atoms with Crippen LogP contribution in [0.15, 0.2) is 34.9 Å². The summed E-state index contributed by atoms with van der Waals surface area (Å²) in [5, 5.41) is 4.49. The molecule has 1 aliphatic rings. The molecule has 0 aliphatic carbocycles. The lowest BCUT2D eigenvalue weighted by Gasteiger charge is -2.29. The molecule has 0 atom stereocenters. The number of anilines is 1. The number of hydrogen-bond acceptors (Lipinski definition) is 4. The largest absolute Gasteiger partial charge is 0.378 e. The van der Waals surface area contributed by atoms with Gasteiger partial charge < -0.3 is 9.64 Å². The molecule has 0 spiro atoms. The lowest BCUT2D eigenvalue weighted by Crippen LogP contribution is -2.36. The molecule has 0 amide bonds. The summed E-state index contributed by atoms with van der Waals surface area (Å²) < 4.78 is 7.52. The van der Waals surface area contributed by atoms with Gasteiger partial charge in [-0.2, -0.15) is 9.78 Å². The highest BCUT2D eigenvalue weighted by atomic mass is 79.9. The van der Waals surface area contributed by atoms with Crippen LogP contribution in [0.2, 0.25) is 0 Å². The van der Waals surface area contributed by atoms with E-state index in [0.29, 0.717) is 17.8 Å². The number of carbonyl (C=O) groups excluding carboxylic acids is 1. The minimum Gasteiger partial charge on any atom is -0.378 e. The third-order valence-electron chi connectivity index (χ3n) is 3.48. The first-order valence-electron chi connectivity index (χ1n) is 6.86. The zero-order valence-electron chi connectivity index (χ0n) is 11.8. The highest BCUT2D eigenvalue weighted by Gasteiger charge is 2.25.